The number of carboxylic acids is 1. The summed E-state index contributed by atoms with van der Waals surface area (Å²) in [4.78, 5) is 36.3. The van der Waals surface area contributed by atoms with E-state index in [1.165, 1.54) is 0 Å². The molecule has 2 heterocycles. The zero-order chi connectivity index (χ0) is 22.1. The summed E-state index contributed by atoms with van der Waals surface area (Å²) >= 11 is 0. The molecule has 0 spiro atoms. The van der Waals surface area contributed by atoms with E-state index in [1.54, 1.807) is 18.2 Å². The van der Waals surface area contributed by atoms with Gasteiger partial charge in [0.15, 0.2) is 17.3 Å². The number of carboxylic acid groups (broad SMARTS) is 1. The average molecular weight is 431 g/mol. The number of aromatic amines is 1. The highest BCUT2D eigenvalue weighted by Crippen LogP contribution is 2.39. The molecule has 9 nitrogen and oxygen atoms in total. The summed E-state index contributed by atoms with van der Waals surface area (Å²) in [5.41, 5.74) is -0.896. The van der Waals surface area contributed by atoms with Gasteiger partial charge < -0.3 is 19.9 Å². The maximum absolute atomic E-state index is 14.0. The Morgan fingerprint density at radius 2 is 2.00 bits per heavy atom. The second kappa shape index (κ2) is 7.94. The number of amides is 1. The molecule has 1 aliphatic rings. The lowest BCUT2D eigenvalue weighted by Crippen LogP contribution is -2.30. The third kappa shape index (κ3) is 3.97. The monoisotopic (exact) mass is 431 g/mol. The van der Waals surface area contributed by atoms with Crippen molar-refractivity contribution in [3.63, 3.8) is 0 Å². The number of hydrogen-bond donors (Lipinski definition) is 3. The smallest absolute Gasteiger partial charge is 0.305 e. The summed E-state index contributed by atoms with van der Waals surface area (Å²) in [6.07, 6.45) is -0.469. The van der Waals surface area contributed by atoms with Crippen LogP contribution in [0, 0.1) is 11.6 Å². The molecule has 1 atom stereocenters. The van der Waals surface area contributed by atoms with Gasteiger partial charge in [0.2, 0.25) is 6.79 Å². The number of nitrogens with one attached hydrogen (secondary N) is 2. The molecule has 0 aliphatic carbocycles. The number of carbonyl (C=O) groups excluding carboxylic acids is 1. The molecule has 4 rings (SSSR count). The number of aromatic nitrogens is 2. The molecule has 11 heteroatoms. The van der Waals surface area contributed by atoms with Crippen LogP contribution in [0.5, 0.6) is 11.5 Å². The predicted molar refractivity (Wildman–Crippen MR) is 101 cm³/mol. The van der Waals surface area contributed by atoms with Crippen LogP contribution in [-0.4, -0.2) is 33.6 Å². The number of ether oxygens (including phenoxy) is 2. The molecule has 3 N–H and O–H groups in total. The van der Waals surface area contributed by atoms with Gasteiger partial charge in [0, 0.05) is 17.7 Å². The molecule has 1 amide bonds. The molecule has 0 fully saturated rings. The van der Waals surface area contributed by atoms with E-state index in [-0.39, 0.29) is 18.2 Å². The van der Waals surface area contributed by atoms with E-state index in [9.17, 15) is 28.3 Å². The first kappa shape index (κ1) is 20.1. The normalized spacial score (nSPS) is 13.1. The number of aliphatic carboxylic acids is 1. The Morgan fingerprint density at radius 3 is 2.74 bits per heavy atom. The van der Waals surface area contributed by atoms with E-state index in [1.807, 2.05) is 0 Å². The molecule has 1 aliphatic heterocycles. The van der Waals surface area contributed by atoms with Gasteiger partial charge in [-0.15, -0.1) is 0 Å². The fourth-order valence-corrected chi connectivity index (χ4v) is 3.23. The third-order valence-electron chi connectivity index (χ3n) is 4.60. The fraction of sp³-hybridized carbons (Fsp3) is 0.150. The number of hydrogen-bond acceptors (Lipinski definition) is 5. The van der Waals surface area contributed by atoms with Crippen molar-refractivity contribution in [2.45, 2.75) is 12.5 Å². The standard InChI is InChI=1S/C20H15F2N3O6/c21-10-4-5-15(12(22)6-10)25-17(26)7-14(24-25)20(29)23-13(8-18(27)28)11-2-1-3-16-19(11)31-9-30-16/h1-7,13,24H,8-9H2,(H,23,29)(H,27,28). The number of halogens is 2. The zero-order valence-electron chi connectivity index (χ0n) is 15.7. The maximum atomic E-state index is 14.0. The molecule has 2 aromatic carbocycles. The first-order valence-corrected chi connectivity index (χ1v) is 9.02. The summed E-state index contributed by atoms with van der Waals surface area (Å²) in [6, 6.07) is 7.38. The molecule has 0 saturated heterocycles. The van der Waals surface area contributed by atoms with Crippen LogP contribution in [0.1, 0.15) is 28.5 Å². The summed E-state index contributed by atoms with van der Waals surface area (Å²) in [5.74, 6) is -3.09. The van der Waals surface area contributed by atoms with Crippen molar-refractivity contribution in [2.24, 2.45) is 0 Å². The van der Waals surface area contributed by atoms with Gasteiger partial charge >= 0.3 is 5.97 Å². The lowest BCUT2D eigenvalue weighted by atomic mass is 10.0. The minimum atomic E-state index is -1.18. The summed E-state index contributed by atoms with van der Waals surface area (Å²) < 4.78 is 38.6. The van der Waals surface area contributed by atoms with Gasteiger partial charge in [-0.05, 0) is 18.2 Å². The SMILES string of the molecule is O=C(O)CC(NC(=O)c1cc(=O)n(-c2ccc(F)cc2F)[nH]1)c1cccc2c1OCO2. The van der Waals surface area contributed by atoms with E-state index in [2.05, 4.69) is 10.4 Å². The molecule has 31 heavy (non-hydrogen) atoms. The Morgan fingerprint density at radius 1 is 1.19 bits per heavy atom. The van der Waals surface area contributed by atoms with Gasteiger partial charge in [-0.2, -0.15) is 0 Å². The summed E-state index contributed by atoms with van der Waals surface area (Å²) in [6.45, 7) is -0.0422. The van der Waals surface area contributed by atoms with Crippen LogP contribution in [0.4, 0.5) is 8.78 Å². The average Bonchev–Trinajstić information content (AvgIpc) is 3.33. The van der Waals surface area contributed by atoms with Crippen molar-refractivity contribution in [2.75, 3.05) is 6.79 Å². The number of nitrogens with zero attached hydrogens (tertiary/aromatic N) is 1. The van der Waals surface area contributed by atoms with Crippen molar-refractivity contribution in [3.05, 3.63) is 75.7 Å². The van der Waals surface area contributed by atoms with Crippen LogP contribution < -0.4 is 20.3 Å². The Labute approximate surface area is 172 Å². The van der Waals surface area contributed by atoms with Crippen LogP contribution >= 0.6 is 0 Å². The number of benzene rings is 2. The number of fused-ring (bicyclic) bond motifs is 1. The second-order valence-corrected chi connectivity index (χ2v) is 6.64. The molecular formula is C20H15F2N3O6. The van der Waals surface area contributed by atoms with Crippen LogP contribution in [0.2, 0.25) is 0 Å². The number of para-hydroxylation sites is 1. The highest BCUT2D eigenvalue weighted by atomic mass is 19.1. The summed E-state index contributed by atoms with van der Waals surface area (Å²) in [5, 5.41) is 14.2. The number of H-pyrrole nitrogens is 1. The van der Waals surface area contributed by atoms with Crippen molar-refractivity contribution >= 4 is 11.9 Å². The molecule has 0 radical (unpaired) electrons. The number of rotatable bonds is 6. The van der Waals surface area contributed by atoms with E-state index in [0.29, 0.717) is 23.1 Å². The molecule has 1 aromatic heterocycles. The first-order valence-electron chi connectivity index (χ1n) is 9.02. The van der Waals surface area contributed by atoms with Crippen molar-refractivity contribution in [1.29, 1.82) is 0 Å². The largest absolute Gasteiger partial charge is 0.481 e. The molecule has 160 valence electrons. The van der Waals surface area contributed by atoms with E-state index < -0.39 is 41.5 Å². The van der Waals surface area contributed by atoms with E-state index >= 15 is 0 Å². The second-order valence-electron chi connectivity index (χ2n) is 6.64. The van der Waals surface area contributed by atoms with Gasteiger partial charge in [0.25, 0.3) is 11.5 Å². The lowest BCUT2D eigenvalue weighted by Gasteiger charge is -2.18. The lowest BCUT2D eigenvalue weighted by molar-refractivity contribution is -0.137. The maximum Gasteiger partial charge on any atom is 0.305 e. The Bertz CT molecular complexity index is 1240. The Hall–Kier alpha value is -4.15. The Balaban J connectivity index is 1.64. The topological polar surface area (TPSA) is 123 Å². The van der Waals surface area contributed by atoms with E-state index in [0.717, 1.165) is 22.9 Å². The van der Waals surface area contributed by atoms with Crippen molar-refractivity contribution in [1.82, 2.24) is 15.1 Å². The van der Waals surface area contributed by atoms with Gasteiger partial charge in [-0.3, -0.25) is 19.5 Å². The number of carbonyl (C=O) groups is 2. The molecule has 1 unspecified atom stereocenters. The van der Waals surface area contributed by atoms with Gasteiger partial charge in [0.05, 0.1) is 12.5 Å². The van der Waals surface area contributed by atoms with Gasteiger partial charge in [0.1, 0.15) is 17.2 Å². The highest BCUT2D eigenvalue weighted by Gasteiger charge is 2.27. The van der Waals surface area contributed by atoms with Crippen LogP contribution in [0.25, 0.3) is 5.69 Å². The Kier molecular flexibility index (Phi) is 5.15. The van der Waals surface area contributed by atoms with Crippen LogP contribution in [0.15, 0.2) is 47.3 Å². The van der Waals surface area contributed by atoms with E-state index in [4.69, 9.17) is 9.47 Å². The molecule has 0 saturated carbocycles. The van der Waals surface area contributed by atoms with Crippen molar-refractivity contribution < 1.29 is 33.0 Å². The molecule has 0 bridgehead atoms. The summed E-state index contributed by atoms with van der Waals surface area (Å²) in [7, 11) is 0. The minimum absolute atomic E-state index is 0.0422. The first-order chi connectivity index (χ1) is 14.8. The predicted octanol–water partition coefficient (Wildman–Crippen LogP) is 2.12. The van der Waals surface area contributed by atoms with Gasteiger partial charge in [-0.1, -0.05) is 12.1 Å². The van der Waals surface area contributed by atoms with Crippen molar-refractivity contribution in [3.8, 4) is 17.2 Å². The highest BCUT2D eigenvalue weighted by molar-refractivity contribution is 5.92. The zero-order valence-corrected chi connectivity index (χ0v) is 15.7. The fourth-order valence-electron chi connectivity index (χ4n) is 3.23. The van der Waals surface area contributed by atoms with Gasteiger partial charge in [-0.25, -0.2) is 13.5 Å². The third-order valence-corrected chi connectivity index (χ3v) is 4.60. The molecular weight excluding hydrogens is 416 g/mol. The quantitative estimate of drug-likeness (QED) is 0.550. The molecule has 3 aromatic rings. The minimum Gasteiger partial charge on any atom is -0.481 e. The van der Waals surface area contributed by atoms with Crippen LogP contribution in [-0.2, 0) is 4.79 Å². The van der Waals surface area contributed by atoms with Crippen LogP contribution in [0.3, 0.4) is 0 Å².